The van der Waals surface area contributed by atoms with E-state index in [9.17, 15) is 4.79 Å². The lowest BCUT2D eigenvalue weighted by atomic mass is 10.3. The minimum atomic E-state index is -0.306. The topological polar surface area (TPSA) is 80.4 Å². The molecule has 0 saturated heterocycles. The first-order valence-electron chi connectivity index (χ1n) is 7.65. The Morgan fingerprint density at radius 1 is 1.15 bits per heavy atom. The Bertz CT molecular complexity index is 1040. The number of pyridine rings is 1. The smallest absolute Gasteiger partial charge is 0.271 e. The minimum absolute atomic E-state index is 0.306. The van der Waals surface area contributed by atoms with Crippen molar-refractivity contribution < 1.29 is 9.21 Å². The van der Waals surface area contributed by atoms with Crippen LogP contribution in [0.5, 0.6) is 0 Å². The van der Waals surface area contributed by atoms with E-state index in [-0.39, 0.29) is 5.91 Å². The average Bonchev–Trinajstić information content (AvgIpc) is 3.28. The van der Waals surface area contributed by atoms with Crippen LogP contribution in [-0.2, 0) is 0 Å². The van der Waals surface area contributed by atoms with E-state index in [4.69, 9.17) is 4.42 Å². The van der Waals surface area contributed by atoms with Crippen molar-refractivity contribution in [1.29, 1.82) is 0 Å². The summed E-state index contributed by atoms with van der Waals surface area (Å²) in [5, 5.41) is 4.63. The maximum atomic E-state index is 11.9. The number of rotatable bonds is 5. The van der Waals surface area contributed by atoms with Crippen molar-refractivity contribution in [3.05, 3.63) is 72.2 Å². The van der Waals surface area contributed by atoms with Crippen LogP contribution >= 0.6 is 23.1 Å². The third kappa shape index (κ3) is 3.81. The molecular formula is C18H12N4O2S2. The maximum absolute atomic E-state index is 11.9. The van der Waals surface area contributed by atoms with Crippen LogP contribution in [0.4, 0.5) is 0 Å². The van der Waals surface area contributed by atoms with E-state index in [1.165, 1.54) is 18.0 Å². The van der Waals surface area contributed by atoms with Crippen LogP contribution in [0.2, 0.25) is 0 Å². The predicted octanol–water partition coefficient (Wildman–Crippen LogP) is 4.20. The van der Waals surface area contributed by atoms with Crippen LogP contribution in [0.25, 0.3) is 10.2 Å². The number of carbonyl (C=O) groups excluding carboxylic acids is 1. The van der Waals surface area contributed by atoms with E-state index in [2.05, 4.69) is 20.5 Å². The van der Waals surface area contributed by atoms with Gasteiger partial charge >= 0.3 is 0 Å². The highest BCUT2D eigenvalue weighted by Gasteiger charge is 2.08. The van der Waals surface area contributed by atoms with Crippen LogP contribution < -0.4 is 5.43 Å². The van der Waals surface area contributed by atoms with E-state index >= 15 is 0 Å². The van der Waals surface area contributed by atoms with Gasteiger partial charge in [-0.05, 0) is 48.2 Å². The van der Waals surface area contributed by atoms with E-state index in [1.54, 1.807) is 41.9 Å². The van der Waals surface area contributed by atoms with Gasteiger partial charge < -0.3 is 4.42 Å². The number of carbonyl (C=O) groups is 1. The van der Waals surface area contributed by atoms with E-state index in [0.29, 0.717) is 16.4 Å². The number of hydrazone groups is 1. The van der Waals surface area contributed by atoms with Crippen LogP contribution in [-0.4, -0.2) is 22.1 Å². The molecule has 4 aromatic rings. The van der Waals surface area contributed by atoms with Crippen molar-refractivity contribution in [2.75, 3.05) is 0 Å². The van der Waals surface area contributed by atoms with Crippen LogP contribution in [0.1, 0.15) is 16.1 Å². The molecule has 0 aliphatic rings. The van der Waals surface area contributed by atoms with E-state index < -0.39 is 0 Å². The van der Waals surface area contributed by atoms with Gasteiger partial charge in [-0.2, -0.15) is 5.10 Å². The second kappa shape index (κ2) is 7.51. The number of aromatic nitrogens is 2. The summed E-state index contributed by atoms with van der Waals surface area (Å²) in [4.78, 5) is 20.3. The van der Waals surface area contributed by atoms with Gasteiger partial charge in [0.05, 0.1) is 16.4 Å². The summed E-state index contributed by atoms with van der Waals surface area (Å²) in [6, 6.07) is 14.9. The van der Waals surface area contributed by atoms with Crippen molar-refractivity contribution >= 4 is 45.4 Å². The van der Waals surface area contributed by atoms with Gasteiger partial charge in [-0.15, -0.1) is 11.3 Å². The van der Waals surface area contributed by atoms with Crippen molar-refractivity contribution in [2.45, 2.75) is 9.43 Å². The number of fused-ring (bicyclic) bond motifs is 1. The van der Waals surface area contributed by atoms with Crippen LogP contribution in [0.15, 0.2) is 79.9 Å². The average molecular weight is 380 g/mol. The zero-order chi connectivity index (χ0) is 17.8. The van der Waals surface area contributed by atoms with Gasteiger partial charge in [0.15, 0.2) is 9.43 Å². The fourth-order valence-electron chi connectivity index (χ4n) is 2.16. The summed E-state index contributed by atoms with van der Waals surface area (Å²) in [5.41, 5.74) is 3.92. The number of benzene rings is 1. The van der Waals surface area contributed by atoms with Crippen molar-refractivity contribution in [1.82, 2.24) is 15.4 Å². The Morgan fingerprint density at radius 3 is 2.85 bits per heavy atom. The van der Waals surface area contributed by atoms with E-state index in [0.717, 1.165) is 14.6 Å². The third-order valence-electron chi connectivity index (χ3n) is 3.36. The summed E-state index contributed by atoms with van der Waals surface area (Å²) in [6.07, 6.45) is 4.56. The summed E-state index contributed by atoms with van der Waals surface area (Å²) >= 11 is 3.07. The normalized spacial score (nSPS) is 11.2. The molecule has 128 valence electrons. The number of furan rings is 1. The highest BCUT2D eigenvalue weighted by atomic mass is 32.2. The number of thiazole rings is 1. The molecule has 3 aromatic heterocycles. The molecule has 0 aliphatic carbocycles. The Labute approximate surface area is 157 Å². The highest BCUT2D eigenvalue weighted by molar-refractivity contribution is 8.01. The monoisotopic (exact) mass is 380 g/mol. The van der Waals surface area contributed by atoms with Gasteiger partial charge in [-0.25, -0.2) is 10.4 Å². The van der Waals surface area contributed by atoms with Gasteiger partial charge in [0, 0.05) is 18.0 Å². The molecule has 6 nitrogen and oxygen atoms in total. The lowest BCUT2D eigenvalue weighted by Crippen LogP contribution is -2.17. The summed E-state index contributed by atoms with van der Waals surface area (Å²) in [6.45, 7) is 0. The summed E-state index contributed by atoms with van der Waals surface area (Å²) in [7, 11) is 0. The molecule has 4 rings (SSSR count). The lowest BCUT2D eigenvalue weighted by molar-refractivity contribution is 0.0955. The third-order valence-corrected chi connectivity index (χ3v) is 5.38. The molecule has 8 heteroatoms. The number of nitrogens with one attached hydrogen (secondary N) is 1. The van der Waals surface area contributed by atoms with Gasteiger partial charge in [-0.3, -0.25) is 9.78 Å². The Morgan fingerprint density at radius 2 is 2.00 bits per heavy atom. The second-order valence-electron chi connectivity index (χ2n) is 5.14. The SMILES string of the molecule is O=C(N/N=C/c1ccc(Sc2nc3ccccc3s2)o1)c1ccncc1. The maximum Gasteiger partial charge on any atom is 0.271 e. The first-order chi connectivity index (χ1) is 12.8. The number of para-hydroxylation sites is 1. The predicted molar refractivity (Wildman–Crippen MR) is 102 cm³/mol. The fourth-order valence-corrected chi connectivity index (χ4v) is 4.13. The van der Waals surface area contributed by atoms with Gasteiger partial charge in [-0.1, -0.05) is 12.1 Å². The molecular weight excluding hydrogens is 368 g/mol. The van der Waals surface area contributed by atoms with Crippen molar-refractivity contribution in [3.8, 4) is 0 Å². The molecule has 0 radical (unpaired) electrons. The zero-order valence-electron chi connectivity index (χ0n) is 13.3. The molecule has 1 N–H and O–H groups in total. The van der Waals surface area contributed by atoms with Gasteiger partial charge in [0.1, 0.15) is 5.76 Å². The summed E-state index contributed by atoms with van der Waals surface area (Å²) < 4.78 is 7.74. The minimum Gasteiger partial charge on any atom is -0.448 e. The molecule has 26 heavy (non-hydrogen) atoms. The molecule has 1 amide bonds. The standard InChI is InChI=1S/C18H12N4O2S2/c23-17(12-7-9-19-10-8-12)22-20-11-13-5-6-16(24-13)26-18-21-14-3-1-2-4-15(14)25-18/h1-11H,(H,22,23)/b20-11+. The number of hydrogen-bond acceptors (Lipinski definition) is 7. The fraction of sp³-hybridized carbons (Fsp3) is 0. The van der Waals surface area contributed by atoms with Crippen molar-refractivity contribution in [2.24, 2.45) is 5.10 Å². The molecule has 0 fully saturated rings. The Kier molecular flexibility index (Phi) is 4.76. The first kappa shape index (κ1) is 16.5. The number of hydrogen-bond donors (Lipinski definition) is 1. The van der Waals surface area contributed by atoms with Crippen molar-refractivity contribution in [3.63, 3.8) is 0 Å². The molecule has 3 heterocycles. The largest absolute Gasteiger partial charge is 0.448 e. The van der Waals surface area contributed by atoms with Gasteiger partial charge in [0.25, 0.3) is 5.91 Å². The molecule has 0 bridgehead atoms. The molecule has 0 spiro atoms. The van der Waals surface area contributed by atoms with Crippen LogP contribution in [0, 0.1) is 0 Å². The Balaban J connectivity index is 1.39. The molecule has 1 aromatic carbocycles. The number of amides is 1. The second-order valence-corrected chi connectivity index (χ2v) is 7.42. The van der Waals surface area contributed by atoms with Crippen LogP contribution in [0.3, 0.4) is 0 Å². The molecule has 0 saturated carbocycles. The van der Waals surface area contributed by atoms with E-state index in [1.807, 2.05) is 30.3 Å². The molecule has 0 aliphatic heterocycles. The van der Waals surface area contributed by atoms with Gasteiger partial charge in [0.2, 0.25) is 0 Å². The lowest BCUT2D eigenvalue weighted by Gasteiger charge is -1.97. The Hall–Kier alpha value is -2.97. The molecule has 0 unspecified atom stereocenters. The molecule has 0 atom stereocenters. The highest BCUT2D eigenvalue weighted by Crippen LogP contribution is 2.34. The first-order valence-corrected chi connectivity index (χ1v) is 9.28. The zero-order valence-corrected chi connectivity index (χ0v) is 15.0. The quantitative estimate of drug-likeness (QED) is 0.415. The number of nitrogens with zero attached hydrogens (tertiary/aromatic N) is 3. The summed E-state index contributed by atoms with van der Waals surface area (Å²) in [5.74, 6) is 0.239.